The monoisotopic (exact) mass is 360 g/mol. The van der Waals surface area contributed by atoms with Crippen LogP contribution in [0.3, 0.4) is 0 Å². The minimum absolute atomic E-state index is 0. The Balaban J connectivity index is 0.00000169. The van der Waals surface area contributed by atoms with Gasteiger partial charge in [0, 0.05) is 29.4 Å². The Morgan fingerprint density at radius 3 is 2.67 bits per heavy atom. The van der Waals surface area contributed by atoms with Crippen molar-refractivity contribution in [3.63, 3.8) is 0 Å². The maximum Gasteiger partial charge on any atom is 0.128 e. The summed E-state index contributed by atoms with van der Waals surface area (Å²) in [5.74, 6) is 0.975. The average molecular weight is 361 g/mol. The third-order valence-corrected chi connectivity index (χ3v) is 5.29. The zero-order valence-corrected chi connectivity index (χ0v) is 15.0. The Kier molecular flexibility index (Phi) is 5.39. The van der Waals surface area contributed by atoms with Crippen LogP contribution in [0.5, 0.6) is 5.75 Å². The van der Waals surface area contributed by atoms with Gasteiger partial charge in [-0.3, -0.25) is 4.98 Å². The standard InChI is InChI=1S/C19H20N2OS.ClH/c20-15-2-4-16(5-3-15)22-18-6-1-13-11-21-9-7-17(13)19(18)14-8-10-23-12-14;/h1,6-12,15-16H,2-5,20H2;1H. The van der Waals surface area contributed by atoms with Gasteiger partial charge in [0.05, 0.1) is 6.10 Å². The maximum absolute atomic E-state index is 6.40. The van der Waals surface area contributed by atoms with E-state index in [1.165, 1.54) is 16.5 Å². The lowest BCUT2D eigenvalue weighted by Gasteiger charge is -2.28. The van der Waals surface area contributed by atoms with Crippen molar-refractivity contribution in [3.05, 3.63) is 47.4 Å². The van der Waals surface area contributed by atoms with E-state index >= 15 is 0 Å². The van der Waals surface area contributed by atoms with E-state index in [0.717, 1.165) is 36.8 Å². The Labute approximate surface area is 152 Å². The lowest BCUT2D eigenvalue weighted by atomic mass is 9.93. The number of halogens is 1. The predicted molar refractivity (Wildman–Crippen MR) is 103 cm³/mol. The molecule has 1 aliphatic rings. The first kappa shape index (κ1) is 17.2. The summed E-state index contributed by atoms with van der Waals surface area (Å²) in [7, 11) is 0. The predicted octanol–water partition coefficient (Wildman–Crippen LogP) is 5.03. The summed E-state index contributed by atoms with van der Waals surface area (Å²) >= 11 is 1.71. The topological polar surface area (TPSA) is 48.1 Å². The molecule has 3 nitrogen and oxygen atoms in total. The van der Waals surface area contributed by atoms with E-state index in [2.05, 4.69) is 40.0 Å². The number of benzene rings is 1. The van der Waals surface area contributed by atoms with Crippen molar-refractivity contribution >= 4 is 34.5 Å². The summed E-state index contributed by atoms with van der Waals surface area (Å²) in [6, 6.07) is 8.76. The van der Waals surface area contributed by atoms with Gasteiger partial charge < -0.3 is 10.5 Å². The number of thiophene rings is 1. The van der Waals surface area contributed by atoms with Crippen molar-refractivity contribution in [2.24, 2.45) is 5.73 Å². The quantitative estimate of drug-likeness (QED) is 0.712. The molecule has 0 spiro atoms. The van der Waals surface area contributed by atoms with Crippen LogP contribution < -0.4 is 10.5 Å². The molecule has 2 aromatic heterocycles. The molecule has 1 aromatic carbocycles. The van der Waals surface area contributed by atoms with Crippen molar-refractivity contribution in [2.45, 2.75) is 37.8 Å². The van der Waals surface area contributed by atoms with Crippen LogP contribution in [-0.2, 0) is 0 Å². The molecule has 2 heterocycles. The van der Waals surface area contributed by atoms with Gasteiger partial charge in [-0.25, -0.2) is 0 Å². The smallest absolute Gasteiger partial charge is 0.128 e. The SMILES string of the molecule is Cl.NC1CCC(Oc2ccc3cnccc3c2-c2ccsc2)CC1. The molecule has 24 heavy (non-hydrogen) atoms. The van der Waals surface area contributed by atoms with Crippen molar-refractivity contribution < 1.29 is 4.74 Å². The maximum atomic E-state index is 6.40. The highest BCUT2D eigenvalue weighted by atomic mass is 35.5. The minimum Gasteiger partial charge on any atom is -0.490 e. The molecule has 0 radical (unpaired) electrons. The zero-order chi connectivity index (χ0) is 15.6. The normalized spacial score (nSPS) is 20.5. The van der Waals surface area contributed by atoms with Gasteiger partial charge >= 0.3 is 0 Å². The lowest BCUT2D eigenvalue weighted by Crippen LogP contribution is -2.31. The van der Waals surface area contributed by atoms with Crippen LogP contribution in [0.4, 0.5) is 0 Å². The number of nitrogens with two attached hydrogens (primary N) is 1. The van der Waals surface area contributed by atoms with Gasteiger partial charge in [-0.05, 0) is 71.7 Å². The Bertz CT molecular complexity index is 798. The molecule has 0 unspecified atom stereocenters. The highest BCUT2D eigenvalue weighted by Crippen LogP contribution is 2.39. The first-order valence-electron chi connectivity index (χ1n) is 8.13. The molecule has 4 rings (SSSR count). The fourth-order valence-corrected chi connectivity index (χ4v) is 3.98. The molecule has 3 aromatic rings. The van der Waals surface area contributed by atoms with Crippen LogP contribution in [0.2, 0.25) is 0 Å². The van der Waals surface area contributed by atoms with E-state index in [0.29, 0.717) is 6.04 Å². The fraction of sp³-hybridized carbons (Fsp3) is 0.316. The molecule has 5 heteroatoms. The van der Waals surface area contributed by atoms with Crippen LogP contribution in [-0.4, -0.2) is 17.1 Å². The number of aromatic nitrogens is 1. The number of rotatable bonds is 3. The van der Waals surface area contributed by atoms with E-state index in [9.17, 15) is 0 Å². The zero-order valence-electron chi connectivity index (χ0n) is 13.4. The molecule has 2 N–H and O–H groups in total. The van der Waals surface area contributed by atoms with Crippen molar-refractivity contribution in [1.29, 1.82) is 0 Å². The van der Waals surface area contributed by atoms with Gasteiger partial charge in [0.2, 0.25) is 0 Å². The lowest BCUT2D eigenvalue weighted by molar-refractivity contribution is 0.148. The average Bonchev–Trinajstić information content (AvgIpc) is 3.11. The van der Waals surface area contributed by atoms with Gasteiger partial charge in [0.25, 0.3) is 0 Å². The van der Waals surface area contributed by atoms with Crippen LogP contribution in [0.1, 0.15) is 25.7 Å². The molecule has 1 saturated carbocycles. The summed E-state index contributed by atoms with van der Waals surface area (Å²) in [6.07, 6.45) is 8.21. The van der Waals surface area contributed by atoms with Crippen LogP contribution in [0.25, 0.3) is 21.9 Å². The Morgan fingerprint density at radius 1 is 1.08 bits per heavy atom. The van der Waals surface area contributed by atoms with E-state index in [1.807, 2.05) is 12.4 Å². The Morgan fingerprint density at radius 2 is 1.92 bits per heavy atom. The molecular weight excluding hydrogens is 340 g/mol. The largest absolute Gasteiger partial charge is 0.490 e. The second-order valence-corrected chi connectivity index (χ2v) is 6.98. The molecular formula is C19H21ClN2OS. The van der Waals surface area contributed by atoms with Gasteiger partial charge in [0.15, 0.2) is 0 Å². The molecule has 0 aliphatic heterocycles. The molecule has 1 fully saturated rings. The number of pyridine rings is 1. The highest BCUT2D eigenvalue weighted by Gasteiger charge is 2.21. The second-order valence-electron chi connectivity index (χ2n) is 6.20. The van der Waals surface area contributed by atoms with Crippen LogP contribution >= 0.6 is 23.7 Å². The first-order valence-corrected chi connectivity index (χ1v) is 9.07. The van der Waals surface area contributed by atoms with E-state index < -0.39 is 0 Å². The third-order valence-electron chi connectivity index (χ3n) is 4.60. The molecule has 0 amide bonds. The molecule has 126 valence electrons. The van der Waals surface area contributed by atoms with Gasteiger partial charge in [-0.15, -0.1) is 12.4 Å². The summed E-state index contributed by atoms with van der Waals surface area (Å²) < 4.78 is 6.40. The third kappa shape index (κ3) is 3.41. The molecule has 0 bridgehead atoms. The van der Waals surface area contributed by atoms with E-state index in [1.54, 1.807) is 11.3 Å². The number of ether oxygens (including phenoxy) is 1. The summed E-state index contributed by atoms with van der Waals surface area (Å²) in [5.41, 5.74) is 8.41. The number of fused-ring (bicyclic) bond motifs is 1. The fourth-order valence-electron chi connectivity index (χ4n) is 3.34. The van der Waals surface area contributed by atoms with Crippen LogP contribution in [0, 0.1) is 0 Å². The number of nitrogens with zero attached hydrogens (tertiary/aromatic N) is 1. The summed E-state index contributed by atoms with van der Waals surface area (Å²) in [5, 5.41) is 6.63. The van der Waals surface area contributed by atoms with E-state index in [4.69, 9.17) is 10.5 Å². The molecule has 0 atom stereocenters. The van der Waals surface area contributed by atoms with Gasteiger partial charge in [0.1, 0.15) is 5.75 Å². The van der Waals surface area contributed by atoms with Crippen molar-refractivity contribution in [2.75, 3.05) is 0 Å². The first-order chi connectivity index (χ1) is 11.3. The summed E-state index contributed by atoms with van der Waals surface area (Å²) in [4.78, 5) is 4.24. The summed E-state index contributed by atoms with van der Waals surface area (Å²) in [6.45, 7) is 0. The van der Waals surface area contributed by atoms with Crippen molar-refractivity contribution in [1.82, 2.24) is 4.98 Å². The molecule has 0 saturated heterocycles. The minimum atomic E-state index is 0. The molecule has 1 aliphatic carbocycles. The van der Waals surface area contributed by atoms with Crippen molar-refractivity contribution in [3.8, 4) is 16.9 Å². The number of hydrogen-bond acceptors (Lipinski definition) is 4. The Hall–Kier alpha value is -1.62. The number of hydrogen-bond donors (Lipinski definition) is 1. The highest BCUT2D eigenvalue weighted by molar-refractivity contribution is 7.08. The second kappa shape index (κ2) is 7.51. The van der Waals surface area contributed by atoms with Gasteiger partial charge in [-0.1, -0.05) is 0 Å². The van der Waals surface area contributed by atoms with Crippen LogP contribution in [0.15, 0.2) is 47.4 Å². The van der Waals surface area contributed by atoms with Gasteiger partial charge in [-0.2, -0.15) is 11.3 Å². The van der Waals surface area contributed by atoms with E-state index in [-0.39, 0.29) is 18.5 Å².